The van der Waals surface area contributed by atoms with Gasteiger partial charge in [-0.05, 0) is 74.6 Å². The fraction of sp³-hybridized carbons (Fsp3) is 0.667. The lowest BCUT2D eigenvalue weighted by Gasteiger charge is -2.36. The van der Waals surface area contributed by atoms with E-state index in [1.54, 1.807) is 0 Å². The molecule has 2 saturated heterocycles. The van der Waals surface area contributed by atoms with Gasteiger partial charge in [0.1, 0.15) is 5.75 Å². The van der Waals surface area contributed by atoms with Gasteiger partial charge in [0, 0.05) is 37.7 Å². The summed E-state index contributed by atoms with van der Waals surface area (Å²) in [7, 11) is 0. The van der Waals surface area contributed by atoms with E-state index in [1.165, 1.54) is 6.42 Å². The average Bonchev–Trinajstić information content (AvgIpc) is 2.72. The Morgan fingerprint density at radius 2 is 1.52 bits per heavy atom. The molecule has 0 N–H and O–H groups in total. The van der Waals surface area contributed by atoms with Gasteiger partial charge in [-0.2, -0.15) is 0 Å². The zero-order chi connectivity index (χ0) is 20.2. The monoisotopic (exact) mass is 398 g/mol. The van der Waals surface area contributed by atoms with Crippen LogP contribution in [0.5, 0.6) is 5.75 Å². The quantitative estimate of drug-likeness (QED) is 0.754. The average molecular weight is 399 g/mol. The Hall–Kier alpha value is -2.04. The van der Waals surface area contributed by atoms with E-state index in [4.69, 9.17) is 4.74 Å². The van der Waals surface area contributed by atoms with Gasteiger partial charge in [-0.15, -0.1) is 0 Å². The molecule has 1 aromatic carbocycles. The third-order valence-electron chi connectivity index (χ3n) is 7.04. The van der Waals surface area contributed by atoms with Crippen molar-refractivity contribution in [3.63, 3.8) is 0 Å². The van der Waals surface area contributed by atoms with E-state index in [-0.39, 0.29) is 5.91 Å². The minimum atomic E-state index is 0.131. The van der Waals surface area contributed by atoms with Gasteiger partial charge >= 0.3 is 0 Å². The van der Waals surface area contributed by atoms with E-state index in [0.717, 1.165) is 81.9 Å². The van der Waals surface area contributed by atoms with Crippen LogP contribution in [0.3, 0.4) is 0 Å². The number of ether oxygens (including phenoxy) is 1. The summed E-state index contributed by atoms with van der Waals surface area (Å²) in [5.74, 6) is 2.85. The second kappa shape index (κ2) is 9.19. The van der Waals surface area contributed by atoms with E-state index >= 15 is 0 Å². The van der Waals surface area contributed by atoms with Crippen LogP contribution in [0.15, 0.2) is 24.3 Å². The molecular weight excluding hydrogens is 364 g/mol. The van der Waals surface area contributed by atoms with Crippen LogP contribution in [0.1, 0.15) is 62.2 Å². The minimum Gasteiger partial charge on any atom is -0.493 e. The third-order valence-corrected chi connectivity index (χ3v) is 7.04. The molecule has 158 valence electrons. The summed E-state index contributed by atoms with van der Waals surface area (Å²) in [5.41, 5.74) is 0.745. The molecule has 4 rings (SSSR count). The Kier molecular flexibility index (Phi) is 6.41. The van der Waals surface area contributed by atoms with E-state index in [9.17, 15) is 9.59 Å². The summed E-state index contributed by atoms with van der Waals surface area (Å²) in [6.45, 7) is 6.39. The molecule has 5 heteroatoms. The molecule has 1 aromatic rings. The molecule has 5 nitrogen and oxygen atoms in total. The predicted molar refractivity (Wildman–Crippen MR) is 113 cm³/mol. The molecule has 0 unspecified atom stereocenters. The van der Waals surface area contributed by atoms with Crippen LogP contribution in [-0.2, 0) is 4.79 Å². The van der Waals surface area contributed by atoms with Crippen LogP contribution in [0, 0.1) is 17.8 Å². The number of rotatable bonds is 5. The van der Waals surface area contributed by atoms with Gasteiger partial charge in [0.2, 0.25) is 5.91 Å². The van der Waals surface area contributed by atoms with Crippen molar-refractivity contribution in [2.45, 2.75) is 51.9 Å². The van der Waals surface area contributed by atoms with E-state index in [1.807, 2.05) is 29.2 Å². The number of carbonyl (C=O) groups excluding carboxylic acids is 2. The fourth-order valence-electron chi connectivity index (χ4n) is 4.54. The van der Waals surface area contributed by atoms with E-state index in [0.29, 0.717) is 24.3 Å². The lowest BCUT2D eigenvalue weighted by molar-refractivity contribution is -0.139. The first-order valence-corrected chi connectivity index (χ1v) is 11.4. The van der Waals surface area contributed by atoms with Gasteiger partial charge in [0.15, 0.2) is 0 Å². The van der Waals surface area contributed by atoms with Crippen molar-refractivity contribution >= 4 is 11.8 Å². The number of benzene rings is 1. The summed E-state index contributed by atoms with van der Waals surface area (Å²) in [6.07, 6.45) is 7.59. The standard InChI is InChI=1S/C24H34N2O3/c1-18-9-13-25(14-10-18)24(28)21-5-7-22(8-6-21)29-17-19-11-15-26(16-12-19)23(27)20-3-2-4-20/h5-8,18-20H,2-4,9-17H2,1H3. The van der Waals surface area contributed by atoms with Crippen LogP contribution < -0.4 is 4.74 Å². The molecule has 0 bridgehead atoms. The third kappa shape index (κ3) is 4.93. The topological polar surface area (TPSA) is 49.9 Å². The summed E-state index contributed by atoms with van der Waals surface area (Å²) in [4.78, 5) is 29.0. The Labute approximate surface area is 174 Å². The number of hydrogen-bond donors (Lipinski definition) is 0. The molecule has 0 aromatic heterocycles. The number of carbonyl (C=O) groups is 2. The fourth-order valence-corrected chi connectivity index (χ4v) is 4.54. The van der Waals surface area contributed by atoms with Crippen LogP contribution in [0.4, 0.5) is 0 Å². The maximum atomic E-state index is 12.6. The molecule has 3 fully saturated rings. The van der Waals surface area contributed by atoms with Crippen LogP contribution in [-0.4, -0.2) is 54.4 Å². The first-order valence-electron chi connectivity index (χ1n) is 11.4. The number of amides is 2. The van der Waals surface area contributed by atoms with Gasteiger partial charge < -0.3 is 14.5 Å². The smallest absolute Gasteiger partial charge is 0.253 e. The van der Waals surface area contributed by atoms with Crippen LogP contribution >= 0.6 is 0 Å². The van der Waals surface area contributed by atoms with E-state index < -0.39 is 0 Å². The number of nitrogens with zero attached hydrogens (tertiary/aromatic N) is 2. The maximum absolute atomic E-state index is 12.6. The SMILES string of the molecule is CC1CCN(C(=O)c2ccc(OCC3CCN(C(=O)C4CCC4)CC3)cc2)CC1. The molecule has 2 aliphatic heterocycles. The van der Waals surface area contributed by atoms with Crippen molar-refractivity contribution < 1.29 is 14.3 Å². The zero-order valence-corrected chi connectivity index (χ0v) is 17.6. The Morgan fingerprint density at radius 1 is 0.897 bits per heavy atom. The summed E-state index contributed by atoms with van der Waals surface area (Å²) >= 11 is 0. The highest BCUT2D eigenvalue weighted by Crippen LogP contribution is 2.30. The van der Waals surface area contributed by atoms with Gasteiger partial charge in [0.05, 0.1) is 6.61 Å². The van der Waals surface area contributed by atoms with Crippen molar-refractivity contribution in [1.82, 2.24) is 9.80 Å². The van der Waals surface area contributed by atoms with Crippen molar-refractivity contribution in [3.05, 3.63) is 29.8 Å². The Bertz CT molecular complexity index is 697. The number of likely N-dealkylation sites (tertiary alicyclic amines) is 2. The lowest BCUT2D eigenvalue weighted by Crippen LogP contribution is -2.44. The summed E-state index contributed by atoms with van der Waals surface area (Å²) in [5, 5.41) is 0. The minimum absolute atomic E-state index is 0.131. The predicted octanol–water partition coefficient (Wildman–Crippen LogP) is 3.98. The van der Waals surface area contributed by atoms with Gasteiger partial charge in [-0.1, -0.05) is 13.3 Å². The molecule has 2 heterocycles. The van der Waals surface area contributed by atoms with Crippen molar-refractivity contribution in [1.29, 1.82) is 0 Å². The largest absolute Gasteiger partial charge is 0.493 e. The Balaban J connectivity index is 1.20. The summed E-state index contributed by atoms with van der Waals surface area (Å²) < 4.78 is 5.99. The first-order chi connectivity index (χ1) is 14.1. The second-order valence-corrected chi connectivity index (χ2v) is 9.21. The number of piperidine rings is 2. The number of hydrogen-bond acceptors (Lipinski definition) is 3. The zero-order valence-electron chi connectivity index (χ0n) is 17.6. The first kappa shape index (κ1) is 20.2. The highest BCUT2D eigenvalue weighted by atomic mass is 16.5. The summed E-state index contributed by atoms with van der Waals surface area (Å²) in [6, 6.07) is 7.59. The molecule has 1 saturated carbocycles. The van der Waals surface area contributed by atoms with Crippen molar-refractivity contribution in [2.24, 2.45) is 17.8 Å². The van der Waals surface area contributed by atoms with Crippen molar-refractivity contribution in [3.8, 4) is 5.75 Å². The highest BCUT2D eigenvalue weighted by molar-refractivity contribution is 5.94. The second-order valence-electron chi connectivity index (χ2n) is 9.21. The Morgan fingerprint density at radius 3 is 2.10 bits per heavy atom. The molecule has 0 radical (unpaired) electrons. The molecule has 3 aliphatic rings. The molecule has 2 amide bonds. The lowest BCUT2D eigenvalue weighted by atomic mass is 9.83. The van der Waals surface area contributed by atoms with Gasteiger partial charge in [0.25, 0.3) is 5.91 Å². The van der Waals surface area contributed by atoms with Gasteiger partial charge in [-0.3, -0.25) is 9.59 Å². The normalized spacial score (nSPS) is 21.7. The molecule has 0 spiro atoms. The molecular formula is C24H34N2O3. The molecule has 0 atom stereocenters. The highest BCUT2D eigenvalue weighted by Gasteiger charge is 2.31. The molecule has 29 heavy (non-hydrogen) atoms. The van der Waals surface area contributed by atoms with Crippen molar-refractivity contribution in [2.75, 3.05) is 32.8 Å². The molecule has 1 aliphatic carbocycles. The van der Waals surface area contributed by atoms with E-state index in [2.05, 4.69) is 11.8 Å². The van der Waals surface area contributed by atoms with Crippen LogP contribution in [0.25, 0.3) is 0 Å². The van der Waals surface area contributed by atoms with Gasteiger partial charge in [-0.25, -0.2) is 0 Å². The maximum Gasteiger partial charge on any atom is 0.253 e. The van der Waals surface area contributed by atoms with Crippen LogP contribution in [0.2, 0.25) is 0 Å².